The number of carbonyl (C=O) groups excluding carboxylic acids is 4. The van der Waals surface area contributed by atoms with E-state index in [1.54, 1.807) is 37.3 Å². The highest BCUT2D eigenvalue weighted by molar-refractivity contribution is 9.15. The summed E-state index contributed by atoms with van der Waals surface area (Å²) in [5.74, 6) is -1.84. The lowest BCUT2D eigenvalue weighted by atomic mass is 10.1. The van der Waals surface area contributed by atoms with Crippen molar-refractivity contribution in [2.24, 2.45) is 5.92 Å². The van der Waals surface area contributed by atoms with E-state index in [-0.39, 0.29) is 35.7 Å². The fraction of sp³-hybridized carbons (Fsp3) is 0.185. The summed E-state index contributed by atoms with van der Waals surface area (Å²) in [5.41, 5.74) is 1.83. The van der Waals surface area contributed by atoms with Crippen LogP contribution in [0.25, 0.3) is 0 Å². The Labute approximate surface area is 267 Å². The Morgan fingerprint density at radius 3 is 2.10 bits per heavy atom. The van der Waals surface area contributed by atoms with E-state index in [2.05, 4.69) is 63.7 Å². The number of halogens is 5. The SMILES string of the molecule is COc1ccc(Cl)cc1N1C[C@H](C(=O)Oc2ccc(N3C(=O)c4c(Br)c(Br)c(Br)c(Br)c4C3=O)c(C)c2)CC1=O. The maximum absolute atomic E-state index is 13.4. The average molecular weight is 821 g/mol. The molecule has 3 aromatic carbocycles. The normalized spacial score (nSPS) is 16.6. The monoisotopic (exact) mass is 816 g/mol. The molecule has 1 fully saturated rings. The number of carbonyl (C=O) groups is 4. The molecule has 2 heterocycles. The van der Waals surface area contributed by atoms with Gasteiger partial charge in [-0.1, -0.05) is 11.6 Å². The largest absolute Gasteiger partial charge is 0.495 e. The van der Waals surface area contributed by atoms with Crippen LogP contribution in [0.3, 0.4) is 0 Å². The van der Waals surface area contributed by atoms with Gasteiger partial charge in [0.2, 0.25) is 5.91 Å². The van der Waals surface area contributed by atoms with Crippen LogP contribution in [-0.4, -0.2) is 37.3 Å². The Bertz CT molecular complexity index is 1600. The molecule has 0 unspecified atom stereocenters. The molecule has 0 aliphatic carbocycles. The van der Waals surface area contributed by atoms with E-state index >= 15 is 0 Å². The molecule has 13 heteroatoms. The first kappa shape index (κ1) is 29.2. The molecule has 0 aromatic heterocycles. The highest BCUT2D eigenvalue weighted by Gasteiger charge is 2.42. The molecule has 206 valence electrons. The third kappa shape index (κ3) is 4.91. The van der Waals surface area contributed by atoms with Gasteiger partial charge in [-0.3, -0.25) is 19.2 Å². The first-order valence-electron chi connectivity index (χ1n) is 11.7. The number of rotatable bonds is 5. The van der Waals surface area contributed by atoms with Crippen molar-refractivity contribution in [1.82, 2.24) is 0 Å². The highest BCUT2D eigenvalue weighted by atomic mass is 79.9. The first-order valence-corrected chi connectivity index (χ1v) is 15.2. The van der Waals surface area contributed by atoms with Crippen LogP contribution in [0.4, 0.5) is 11.4 Å². The Hall–Kier alpha value is -2.25. The number of ether oxygens (including phenoxy) is 2. The molecule has 1 saturated heterocycles. The van der Waals surface area contributed by atoms with Crippen molar-refractivity contribution in [2.45, 2.75) is 13.3 Å². The van der Waals surface area contributed by atoms with Gasteiger partial charge in [-0.05, 0) is 113 Å². The van der Waals surface area contributed by atoms with Crippen LogP contribution in [0.1, 0.15) is 32.7 Å². The first-order chi connectivity index (χ1) is 18.9. The van der Waals surface area contributed by atoms with Crippen LogP contribution < -0.4 is 19.3 Å². The number of imide groups is 1. The summed E-state index contributed by atoms with van der Waals surface area (Å²) >= 11 is 19.8. The molecule has 3 aromatic rings. The second-order valence-corrected chi connectivity index (χ2v) is 12.7. The van der Waals surface area contributed by atoms with Gasteiger partial charge >= 0.3 is 5.97 Å². The zero-order valence-corrected chi connectivity index (χ0v) is 27.8. The van der Waals surface area contributed by atoms with Crippen molar-refractivity contribution in [2.75, 3.05) is 23.5 Å². The van der Waals surface area contributed by atoms with E-state index in [0.717, 1.165) is 4.90 Å². The van der Waals surface area contributed by atoms with E-state index in [1.165, 1.54) is 18.1 Å². The van der Waals surface area contributed by atoms with E-state index < -0.39 is 23.7 Å². The molecular weight excluding hydrogens is 803 g/mol. The fourth-order valence-electron chi connectivity index (χ4n) is 4.68. The average Bonchev–Trinajstić information content (AvgIpc) is 3.43. The van der Waals surface area contributed by atoms with Crippen molar-refractivity contribution >= 4 is 110 Å². The van der Waals surface area contributed by atoms with Gasteiger partial charge in [-0.2, -0.15) is 0 Å². The van der Waals surface area contributed by atoms with Gasteiger partial charge in [0.15, 0.2) is 0 Å². The number of benzene rings is 3. The van der Waals surface area contributed by atoms with Crippen molar-refractivity contribution in [3.63, 3.8) is 0 Å². The second kappa shape index (κ2) is 11.2. The topological polar surface area (TPSA) is 93.2 Å². The summed E-state index contributed by atoms with van der Waals surface area (Å²) in [6, 6.07) is 9.55. The smallest absolute Gasteiger partial charge is 0.316 e. The summed E-state index contributed by atoms with van der Waals surface area (Å²) in [4.78, 5) is 55.0. The van der Waals surface area contributed by atoms with Crippen LogP contribution in [0.2, 0.25) is 5.02 Å². The quantitative estimate of drug-likeness (QED) is 0.0873. The summed E-state index contributed by atoms with van der Waals surface area (Å²) in [7, 11) is 1.49. The molecule has 3 amide bonds. The lowest BCUT2D eigenvalue weighted by molar-refractivity contribution is -0.139. The molecule has 5 rings (SSSR count). The van der Waals surface area contributed by atoms with Crippen molar-refractivity contribution < 1.29 is 28.7 Å². The molecule has 0 bridgehead atoms. The maximum atomic E-state index is 13.4. The molecule has 2 aliphatic heterocycles. The van der Waals surface area contributed by atoms with E-state index in [4.69, 9.17) is 21.1 Å². The van der Waals surface area contributed by atoms with Gasteiger partial charge in [0.1, 0.15) is 11.5 Å². The van der Waals surface area contributed by atoms with Crippen molar-refractivity contribution in [3.8, 4) is 11.5 Å². The molecule has 8 nitrogen and oxygen atoms in total. The number of nitrogens with zero attached hydrogens (tertiary/aromatic N) is 2. The Morgan fingerprint density at radius 1 is 0.900 bits per heavy atom. The minimum Gasteiger partial charge on any atom is -0.495 e. The van der Waals surface area contributed by atoms with Gasteiger partial charge in [0.05, 0.1) is 35.5 Å². The molecule has 40 heavy (non-hydrogen) atoms. The van der Waals surface area contributed by atoms with Crippen molar-refractivity contribution in [1.29, 1.82) is 0 Å². The zero-order valence-electron chi connectivity index (χ0n) is 20.7. The number of hydrogen-bond donors (Lipinski definition) is 0. The minimum atomic E-state index is -0.709. The third-order valence-electron chi connectivity index (χ3n) is 6.62. The van der Waals surface area contributed by atoms with E-state index in [9.17, 15) is 19.2 Å². The highest BCUT2D eigenvalue weighted by Crippen LogP contribution is 2.46. The number of anilines is 2. The Balaban J connectivity index is 1.35. The summed E-state index contributed by atoms with van der Waals surface area (Å²) < 4.78 is 13.1. The molecular formula is C27H17Br4ClN2O6. The number of fused-ring (bicyclic) bond motifs is 1. The summed E-state index contributed by atoms with van der Waals surface area (Å²) in [6.45, 7) is 1.81. The summed E-state index contributed by atoms with van der Waals surface area (Å²) in [5, 5.41) is 0.434. The molecule has 0 N–H and O–H groups in total. The second-order valence-electron chi connectivity index (χ2n) is 9.04. The van der Waals surface area contributed by atoms with Gasteiger partial charge in [0, 0.05) is 35.9 Å². The van der Waals surface area contributed by atoms with Crippen LogP contribution >= 0.6 is 75.3 Å². The van der Waals surface area contributed by atoms with Gasteiger partial charge in [0.25, 0.3) is 11.8 Å². The lowest BCUT2D eigenvalue weighted by Gasteiger charge is -2.20. The summed E-state index contributed by atoms with van der Waals surface area (Å²) in [6.07, 6.45) is -0.0323. The van der Waals surface area contributed by atoms with Crippen LogP contribution in [0.15, 0.2) is 54.3 Å². The van der Waals surface area contributed by atoms with Crippen LogP contribution in [0.5, 0.6) is 11.5 Å². The van der Waals surface area contributed by atoms with Crippen LogP contribution in [0, 0.1) is 12.8 Å². The number of amides is 3. The zero-order chi connectivity index (χ0) is 29.0. The van der Waals surface area contributed by atoms with Crippen LogP contribution in [-0.2, 0) is 9.59 Å². The fourth-order valence-corrected chi connectivity index (χ4v) is 7.31. The lowest BCUT2D eigenvalue weighted by Crippen LogP contribution is -2.30. The molecule has 0 saturated carbocycles. The van der Waals surface area contributed by atoms with Gasteiger partial charge in [-0.25, -0.2) is 4.90 Å². The Kier molecular flexibility index (Phi) is 8.19. The molecule has 0 radical (unpaired) electrons. The van der Waals surface area contributed by atoms with E-state index in [1.807, 2.05) is 0 Å². The molecule has 0 spiro atoms. The number of methoxy groups -OCH3 is 1. The number of aryl methyl sites for hydroxylation is 1. The minimum absolute atomic E-state index is 0.0323. The predicted molar refractivity (Wildman–Crippen MR) is 164 cm³/mol. The number of hydrogen-bond acceptors (Lipinski definition) is 6. The maximum Gasteiger partial charge on any atom is 0.316 e. The number of esters is 1. The molecule has 1 atom stereocenters. The van der Waals surface area contributed by atoms with Crippen molar-refractivity contribution in [3.05, 3.63) is 76.0 Å². The predicted octanol–water partition coefficient (Wildman–Crippen LogP) is 7.47. The Morgan fingerprint density at radius 2 is 1.52 bits per heavy atom. The van der Waals surface area contributed by atoms with E-state index in [0.29, 0.717) is 45.6 Å². The van der Waals surface area contributed by atoms with Gasteiger partial charge < -0.3 is 14.4 Å². The molecule has 2 aliphatic rings. The third-order valence-corrected chi connectivity index (χ3v) is 11.6. The standard InChI is InChI=1S/C27H17Br4ClN2O6/c1-11-7-14(40-27(38)12-8-18(35)33(10-12)16-9-13(32)3-6-17(16)39-2)4-5-15(11)34-25(36)19-20(26(34)37)22(29)24(31)23(30)21(19)28/h3-7,9,12H,8,10H2,1-2H3/t12-/m1/s1. The van der Waals surface area contributed by atoms with Gasteiger partial charge in [-0.15, -0.1) is 0 Å².